The molecule has 1 fully saturated rings. The fourth-order valence-electron chi connectivity index (χ4n) is 3.80. The Balaban J connectivity index is 1.60. The summed E-state index contributed by atoms with van der Waals surface area (Å²) in [6, 6.07) is 6.37. The van der Waals surface area contributed by atoms with E-state index in [2.05, 4.69) is 24.3 Å². The standard InChI is InChI=1S/C20H25NO4/c1-20(2,3)25-19(22)21-16-9-15(10-17(21)12-23-11-16)13-4-5-18-14(8-13)6-7-24-18/h4-5,8-9,16-17H,6-7,10-12H2,1-3H3. The maximum absolute atomic E-state index is 12.6. The number of amides is 1. The normalized spacial score (nSPS) is 25.1. The second-order valence-corrected chi connectivity index (χ2v) is 7.96. The number of carbonyl (C=O) groups is 1. The Morgan fingerprint density at radius 3 is 2.88 bits per heavy atom. The van der Waals surface area contributed by atoms with Gasteiger partial charge < -0.3 is 14.2 Å². The van der Waals surface area contributed by atoms with Crippen molar-refractivity contribution in [3.8, 4) is 5.75 Å². The summed E-state index contributed by atoms with van der Waals surface area (Å²) in [7, 11) is 0. The summed E-state index contributed by atoms with van der Waals surface area (Å²) in [5, 5.41) is 0. The summed E-state index contributed by atoms with van der Waals surface area (Å²) in [5.74, 6) is 0.999. The minimum atomic E-state index is -0.490. The van der Waals surface area contributed by atoms with E-state index in [0.717, 1.165) is 25.2 Å². The van der Waals surface area contributed by atoms with Gasteiger partial charge in [-0.1, -0.05) is 12.1 Å². The van der Waals surface area contributed by atoms with E-state index in [1.165, 1.54) is 16.7 Å². The topological polar surface area (TPSA) is 48.0 Å². The van der Waals surface area contributed by atoms with Crippen LogP contribution in [0.3, 0.4) is 0 Å². The first-order valence-electron chi connectivity index (χ1n) is 8.96. The van der Waals surface area contributed by atoms with E-state index in [1.54, 1.807) is 0 Å². The first-order chi connectivity index (χ1) is 11.9. The van der Waals surface area contributed by atoms with Crippen molar-refractivity contribution in [2.75, 3.05) is 19.8 Å². The Morgan fingerprint density at radius 2 is 2.12 bits per heavy atom. The zero-order chi connectivity index (χ0) is 17.6. The average Bonchev–Trinajstić information content (AvgIpc) is 2.99. The second-order valence-electron chi connectivity index (χ2n) is 7.96. The summed E-state index contributed by atoms with van der Waals surface area (Å²) < 4.78 is 16.9. The molecular weight excluding hydrogens is 318 g/mol. The number of fused-ring (bicyclic) bond motifs is 3. The van der Waals surface area contributed by atoms with Crippen molar-refractivity contribution in [2.45, 2.75) is 51.3 Å². The Labute approximate surface area is 148 Å². The first kappa shape index (κ1) is 16.5. The van der Waals surface area contributed by atoms with Crippen molar-refractivity contribution < 1.29 is 19.0 Å². The van der Waals surface area contributed by atoms with Gasteiger partial charge in [-0.2, -0.15) is 0 Å². The van der Waals surface area contributed by atoms with Crippen LogP contribution in [0.5, 0.6) is 5.75 Å². The number of hydrogen-bond donors (Lipinski definition) is 0. The van der Waals surface area contributed by atoms with E-state index >= 15 is 0 Å². The van der Waals surface area contributed by atoms with Gasteiger partial charge in [-0.15, -0.1) is 0 Å². The molecule has 2 atom stereocenters. The first-order valence-corrected chi connectivity index (χ1v) is 8.96. The molecule has 5 nitrogen and oxygen atoms in total. The molecule has 5 heteroatoms. The van der Waals surface area contributed by atoms with Crippen LogP contribution in [0.15, 0.2) is 24.3 Å². The van der Waals surface area contributed by atoms with Gasteiger partial charge in [0.1, 0.15) is 11.4 Å². The van der Waals surface area contributed by atoms with Crippen LogP contribution in [-0.4, -0.2) is 48.5 Å². The highest BCUT2D eigenvalue weighted by Gasteiger charge is 2.40. The molecule has 4 rings (SSSR count). The molecule has 0 radical (unpaired) electrons. The minimum Gasteiger partial charge on any atom is -0.493 e. The zero-order valence-electron chi connectivity index (χ0n) is 15.1. The van der Waals surface area contributed by atoms with Crippen LogP contribution in [0.25, 0.3) is 5.57 Å². The molecule has 1 aromatic carbocycles. The van der Waals surface area contributed by atoms with Crippen LogP contribution in [0.4, 0.5) is 4.79 Å². The van der Waals surface area contributed by atoms with E-state index in [4.69, 9.17) is 14.2 Å². The third kappa shape index (κ3) is 3.25. The van der Waals surface area contributed by atoms with E-state index in [9.17, 15) is 4.79 Å². The van der Waals surface area contributed by atoms with Gasteiger partial charge in [0.15, 0.2) is 0 Å². The largest absolute Gasteiger partial charge is 0.493 e. The number of nitrogens with zero attached hydrogens (tertiary/aromatic N) is 1. The number of carbonyl (C=O) groups excluding carboxylic acids is 1. The predicted octanol–water partition coefficient (Wildman–Crippen LogP) is 3.41. The molecule has 134 valence electrons. The quantitative estimate of drug-likeness (QED) is 0.784. The van der Waals surface area contributed by atoms with Gasteiger partial charge in [0, 0.05) is 6.42 Å². The molecule has 3 aliphatic rings. The van der Waals surface area contributed by atoms with Gasteiger partial charge in [0.25, 0.3) is 0 Å². The molecule has 2 unspecified atom stereocenters. The summed E-state index contributed by atoms with van der Waals surface area (Å²) in [6.45, 7) is 7.54. The smallest absolute Gasteiger partial charge is 0.411 e. The Hall–Kier alpha value is -2.01. The molecule has 3 heterocycles. The molecular formula is C20H25NO4. The van der Waals surface area contributed by atoms with Crippen molar-refractivity contribution in [1.29, 1.82) is 0 Å². The number of ether oxygens (including phenoxy) is 3. The van der Waals surface area contributed by atoms with Crippen molar-refractivity contribution in [2.24, 2.45) is 0 Å². The number of rotatable bonds is 1. The lowest BCUT2D eigenvalue weighted by molar-refractivity contribution is -0.0510. The van der Waals surface area contributed by atoms with E-state index in [1.807, 2.05) is 25.7 Å². The molecule has 0 N–H and O–H groups in total. The monoisotopic (exact) mass is 343 g/mol. The van der Waals surface area contributed by atoms with Crippen molar-refractivity contribution >= 4 is 11.7 Å². The third-order valence-corrected chi connectivity index (χ3v) is 4.86. The lowest BCUT2D eigenvalue weighted by Gasteiger charge is -2.44. The Bertz CT molecular complexity index is 719. The van der Waals surface area contributed by atoms with Crippen molar-refractivity contribution in [1.82, 2.24) is 4.90 Å². The summed E-state index contributed by atoms with van der Waals surface area (Å²) >= 11 is 0. The average molecular weight is 343 g/mol. The molecule has 0 spiro atoms. The molecule has 1 amide bonds. The second kappa shape index (κ2) is 6.06. The fourth-order valence-corrected chi connectivity index (χ4v) is 3.80. The van der Waals surface area contributed by atoms with Gasteiger partial charge in [0.2, 0.25) is 0 Å². The van der Waals surface area contributed by atoms with Crippen molar-refractivity contribution in [3.05, 3.63) is 35.4 Å². The summed E-state index contributed by atoms with van der Waals surface area (Å²) in [6.07, 6.45) is 3.67. The van der Waals surface area contributed by atoms with Gasteiger partial charge in [-0.25, -0.2) is 4.79 Å². The van der Waals surface area contributed by atoms with Gasteiger partial charge in [0.05, 0.1) is 31.9 Å². The fraction of sp³-hybridized carbons (Fsp3) is 0.550. The lowest BCUT2D eigenvalue weighted by Crippen LogP contribution is -2.57. The highest BCUT2D eigenvalue weighted by molar-refractivity contribution is 5.75. The van der Waals surface area contributed by atoms with Crippen LogP contribution < -0.4 is 4.74 Å². The predicted molar refractivity (Wildman–Crippen MR) is 94.7 cm³/mol. The summed E-state index contributed by atoms with van der Waals surface area (Å²) in [5.41, 5.74) is 3.29. The van der Waals surface area contributed by atoms with E-state index < -0.39 is 5.60 Å². The van der Waals surface area contributed by atoms with Crippen LogP contribution in [0.1, 0.15) is 38.3 Å². The van der Waals surface area contributed by atoms with Crippen LogP contribution in [0, 0.1) is 0 Å². The summed E-state index contributed by atoms with van der Waals surface area (Å²) in [4.78, 5) is 14.5. The molecule has 0 aliphatic carbocycles. The molecule has 3 aliphatic heterocycles. The van der Waals surface area contributed by atoms with Gasteiger partial charge in [-0.3, -0.25) is 4.90 Å². The highest BCUT2D eigenvalue weighted by Crippen LogP contribution is 2.36. The maximum atomic E-state index is 12.6. The molecule has 0 saturated carbocycles. The van der Waals surface area contributed by atoms with E-state index in [0.29, 0.717) is 13.2 Å². The SMILES string of the molecule is CC(C)(C)OC(=O)N1C2C=C(c3ccc4c(c3)CCO4)CC1COC2. The van der Waals surface area contributed by atoms with Crippen molar-refractivity contribution in [3.63, 3.8) is 0 Å². The van der Waals surface area contributed by atoms with Gasteiger partial charge in [-0.05, 0) is 56.0 Å². The van der Waals surface area contributed by atoms with Crippen LogP contribution in [-0.2, 0) is 15.9 Å². The van der Waals surface area contributed by atoms with Crippen LogP contribution in [0.2, 0.25) is 0 Å². The van der Waals surface area contributed by atoms with Crippen LogP contribution >= 0.6 is 0 Å². The Morgan fingerprint density at radius 1 is 1.28 bits per heavy atom. The van der Waals surface area contributed by atoms with Gasteiger partial charge >= 0.3 is 6.09 Å². The maximum Gasteiger partial charge on any atom is 0.411 e. The Kier molecular flexibility index (Phi) is 3.99. The highest BCUT2D eigenvalue weighted by atomic mass is 16.6. The molecule has 1 aromatic rings. The minimum absolute atomic E-state index is 0.0260. The number of hydrogen-bond acceptors (Lipinski definition) is 4. The molecule has 0 aromatic heterocycles. The molecule has 25 heavy (non-hydrogen) atoms. The number of benzene rings is 1. The molecule has 2 bridgehead atoms. The number of morpholine rings is 1. The van der Waals surface area contributed by atoms with E-state index in [-0.39, 0.29) is 18.2 Å². The zero-order valence-corrected chi connectivity index (χ0v) is 15.1. The lowest BCUT2D eigenvalue weighted by atomic mass is 9.89. The third-order valence-electron chi connectivity index (χ3n) is 4.86. The molecule has 1 saturated heterocycles.